The van der Waals surface area contributed by atoms with Crippen LogP contribution >= 0.6 is 11.8 Å². The molecule has 2 rings (SSSR count). The number of carbonyl (C=O) groups is 3. The Bertz CT molecular complexity index is 596. The summed E-state index contributed by atoms with van der Waals surface area (Å²) < 4.78 is 5.11. The third-order valence-electron chi connectivity index (χ3n) is 3.09. The second-order valence-corrected chi connectivity index (χ2v) is 5.47. The summed E-state index contributed by atoms with van der Waals surface area (Å²) in [6.45, 7) is 1.84. The number of carbonyl (C=O) groups excluding carboxylic acids is 3. The highest BCUT2D eigenvalue weighted by atomic mass is 32.2. The Kier molecular flexibility index (Phi) is 5.40. The summed E-state index contributed by atoms with van der Waals surface area (Å²) in [6.07, 6.45) is 2.94. The van der Waals surface area contributed by atoms with Crippen molar-refractivity contribution in [3.05, 3.63) is 29.1 Å². The lowest BCUT2D eigenvalue weighted by Gasteiger charge is -2.22. The maximum Gasteiger partial charge on any atom is 0.294 e. The van der Waals surface area contributed by atoms with Gasteiger partial charge in [-0.25, -0.2) is 0 Å². The summed E-state index contributed by atoms with van der Waals surface area (Å²) in [5.74, 6) is -0.426. The molecule has 22 heavy (non-hydrogen) atoms. The molecular formula is C14H16N2O5S. The molecule has 2 heterocycles. The highest BCUT2D eigenvalue weighted by Gasteiger charge is 2.37. The van der Waals surface area contributed by atoms with Crippen LogP contribution in [-0.2, 0) is 9.59 Å². The second-order valence-electron chi connectivity index (χ2n) is 4.48. The molecule has 1 aromatic heterocycles. The molecule has 0 spiro atoms. The van der Waals surface area contributed by atoms with E-state index in [1.165, 1.54) is 17.2 Å². The number of aliphatic hydroxyl groups excluding tert-OH is 1. The molecule has 1 aromatic rings. The van der Waals surface area contributed by atoms with Gasteiger partial charge in [0.15, 0.2) is 0 Å². The smallest absolute Gasteiger partial charge is 0.294 e. The molecule has 1 aliphatic heterocycles. The lowest BCUT2D eigenvalue weighted by molar-refractivity contribution is -0.136. The van der Waals surface area contributed by atoms with Gasteiger partial charge in [0.2, 0.25) is 5.91 Å². The molecule has 0 bridgehead atoms. The topological polar surface area (TPSA) is 91.1 Å². The average molecular weight is 324 g/mol. The van der Waals surface area contributed by atoms with Gasteiger partial charge < -0.3 is 14.4 Å². The minimum absolute atomic E-state index is 0.167. The van der Waals surface area contributed by atoms with Crippen LogP contribution in [0.5, 0.6) is 0 Å². The molecule has 7 nitrogen and oxygen atoms in total. The molecule has 0 aliphatic carbocycles. The second kappa shape index (κ2) is 7.28. The Hall–Kier alpha value is -2.06. The fourth-order valence-corrected chi connectivity index (χ4v) is 2.77. The predicted molar refractivity (Wildman–Crippen MR) is 80.7 cm³/mol. The van der Waals surface area contributed by atoms with Crippen LogP contribution in [0, 0.1) is 0 Å². The number of furan rings is 1. The van der Waals surface area contributed by atoms with Gasteiger partial charge in [0.25, 0.3) is 11.1 Å². The van der Waals surface area contributed by atoms with Gasteiger partial charge in [-0.05, 0) is 30.8 Å². The van der Waals surface area contributed by atoms with E-state index < -0.39 is 11.1 Å². The van der Waals surface area contributed by atoms with Crippen molar-refractivity contribution in [1.29, 1.82) is 0 Å². The van der Waals surface area contributed by atoms with Crippen molar-refractivity contribution < 1.29 is 23.9 Å². The van der Waals surface area contributed by atoms with Crippen LogP contribution in [0.3, 0.4) is 0 Å². The average Bonchev–Trinajstić information content (AvgIpc) is 3.09. The lowest BCUT2D eigenvalue weighted by atomic mass is 10.3. The van der Waals surface area contributed by atoms with Gasteiger partial charge in [0.1, 0.15) is 12.3 Å². The third kappa shape index (κ3) is 3.58. The van der Waals surface area contributed by atoms with Gasteiger partial charge in [0, 0.05) is 19.2 Å². The first-order chi connectivity index (χ1) is 10.6. The number of amides is 3. The summed E-state index contributed by atoms with van der Waals surface area (Å²) in [4.78, 5) is 38.7. The molecule has 0 radical (unpaired) electrons. The molecule has 1 fully saturated rings. The van der Waals surface area contributed by atoms with Crippen molar-refractivity contribution >= 4 is 34.9 Å². The van der Waals surface area contributed by atoms with E-state index in [0.717, 1.165) is 16.7 Å². The fourth-order valence-electron chi connectivity index (χ4n) is 1.95. The normalized spacial score (nSPS) is 16.6. The minimum Gasteiger partial charge on any atom is -0.465 e. The van der Waals surface area contributed by atoms with Crippen molar-refractivity contribution in [1.82, 2.24) is 9.80 Å². The number of aliphatic hydroxyl groups is 1. The third-order valence-corrected chi connectivity index (χ3v) is 4.00. The maximum atomic E-state index is 12.2. The summed E-state index contributed by atoms with van der Waals surface area (Å²) in [6, 6.07) is 3.34. The van der Waals surface area contributed by atoms with E-state index in [1.807, 2.05) is 0 Å². The van der Waals surface area contributed by atoms with Gasteiger partial charge in [-0.1, -0.05) is 0 Å². The van der Waals surface area contributed by atoms with Crippen molar-refractivity contribution in [2.24, 2.45) is 0 Å². The fraction of sp³-hybridized carbons (Fsp3) is 0.357. The molecule has 3 amide bonds. The SMILES string of the molecule is CCN(CCO)C(=O)CN1C(=O)S/C(=C\c2ccco2)C1=O. The predicted octanol–water partition coefficient (Wildman–Crippen LogP) is 1.16. The first-order valence-corrected chi connectivity index (χ1v) is 7.56. The highest BCUT2D eigenvalue weighted by molar-refractivity contribution is 8.18. The molecule has 0 aromatic carbocycles. The Morgan fingerprint density at radius 1 is 1.50 bits per heavy atom. The van der Waals surface area contributed by atoms with Crippen LogP contribution in [0.25, 0.3) is 6.08 Å². The minimum atomic E-state index is -0.514. The van der Waals surface area contributed by atoms with E-state index in [1.54, 1.807) is 19.1 Å². The van der Waals surface area contributed by atoms with E-state index in [4.69, 9.17) is 9.52 Å². The zero-order valence-corrected chi connectivity index (χ0v) is 12.8. The molecule has 1 N–H and O–H groups in total. The van der Waals surface area contributed by atoms with Gasteiger partial charge >= 0.3 is 0 Å². The summed E-state index contributed by atoms with van der Waals surface area (Å²) in [7, 11) is 0. The number of thioether (sulfide) groups is 1. The van der Waals surface area contributed by atoms with Gasteiger partial charge in [-0.2, -0.15) is 0 Å². The molecule has 118 valence electrons. The quantitative estimate of drug-likeness (QED) is 0.790. The Morgan fingerprint density at radius 3 is 2.86 bits per heavy atom. The summed E-state index contributed by atoms with van der Waals surface area (Å²) in [5, 5.41) is 8.41. The standard InChI is InChI=1S/C14H16N2O5S/c1-2-15(5-6-17)12(18)9-16-13(19)11(22-14(16)20)8-10-4-3-7-21-10/h3-4,7-8,17H,2,5-6,9H2,1H3/b11-8-. The first-order valence-electron chi connectivity index (χ1n) is 6.74. The van der Waals surface area contributed by atoms with Crippen LogP contribution in [-0.4, -0.2) is 58.2 Å². The Labute approximate surface area is 131 Å². The van der Waals surface area contributed by atoms with Gasteiger partial charge in [-0.3, -0.25) is 19.3 Å². The van der Waals surface area contributed by atoms with E-state index in [-0.39, 0.29) is 30.5 Å². The van der Waals surface area contributed by atoms with Crippen LogP contribution in [0.1, 0.15) is 12.7 Å². The number of likely N-dealkylation sites (N-methyl/N-ethyl adjacent to an activating group) is 1. The zero-order chi connectivity index (χ0) is 16.1. The molecule has 0 saturated carbocycles. The number of hydrogen-bond donors (Lipinski definition) is 1. The Morgan fingerprint density at radius 2 is 2.27 bits per heavy atom. The van der Waals surface area contributed by atoms with Crippen molar-refractivity contribution in [2.75, 3.05) is 26.2 Å². The van der Waals surface area contributed by atoms with Crippen LogP contribution in [0.4, 0.5) is 4.79 Å². The summed E-state index contributed by atoms with van der Waals surface area (Å²) >= 11 is 0.773. The number of nitrogens with zero attached hydrogens (tertiary/aromatic N) is 2. The van der Waals surface area contributed by atoms with E-state index in [0.29, 0.717) is 12.3 Å². The van der Waals surface area contributed by atoms with E-state index >= 15 is 0 Å². The maximum absolute atomic E-state index is 12.2. The number of rotatable bonds is 6. The Balaban J connectivity index is 2.08. The number of hydrogen-bond acceptors (Lipinski definition) is 6. The highest BCUT2D eigenvalue weighted by Crippen LogP contribution is 2.32. The molecule has 0 atom stereocenters. The lowest BCUT2D eigenvalue weighted by Crippen LogP contribution is -2.43. The monoisotopic (exact) mass is 324 g/mol. The molecular weight excluding hydrogens is 308 g/mol. The molecule has 0 unspecified atom stereocenters. The van der Waals surface area contributed by atoms with Gasteiger partial charge in [-0.15, -0.1) is 0 Å². The molecule has 1 aliphatic rings. The van der Waals surface area contributed by atoms with Gasteiger partial charge in [0.05, 0.1) is 17.8 Å². The van der Waals surface area contributed by atoms with E-state index in [2.05, 4.69) is 0 Å². The largest absolute Gasteiger partial charge is 0.465 e. The van der Waals surface area contributed by atoms with Crippen molar-refractivity contribution in [3.63, 3.8) is 0 Å². The first kappa shape index (κ1) is 16.3. The van der Waals surface area contributed by atoms with Crippen LogP contribution in [0.15, 0.2) is 27.7 Å². The molecule has 1 saturated heterocycles. The van der Waals surface area contributed by atoms with Crippen molar-refractivity contribution in [3.8, 4) is 0 Å². The molecule has 8 heteroatoms. The zero-order valence-electron chi connectivity index (χ0n) is 12.0. The van der Waals surface area contributed by atoms with E-state index in [9.17, 15) is 14.4 Å². The van der Waals surface area contributed by atoms with Crippen LogP contribution in [0.2, 0.25) is 0 Å². The number of imide groups is 1. The van der Waals surface area contributed by atoms with Crippen molar-refractivity contribution in [2.45, 2.75) is 6.92 Å². The summed E-state index contributed by atoms with van der Waals surface area (Å²) in [5.41, 5.74) is 0. The van der Waals surface area contributed by atoms with Crippen LogP contribution < -0.4 is 0 Å².